The van der Waals surface area contributed by atoms with E-state index < -0.39 is 16.9 Å². The molecule has 0 heterocycles. The minimum atomic E-state index is -0.660. The maximum atomic E-state index is 12.6. The molecule has 2 rings (SSSR count). The zero-order valence-corrected chi connectivity index (χ0v) is 17.2. The van der Waals surface area contributed by atoms with Crippen molar-refractivity contribution in [3.05, 3.63) is 58.1 Å². The van der Waals surface area contributed by atoms with Crippen molar-refractivity contribution in [2.24, 2.45) is 0 Å². The smallest absolute Gasteiger partial charge is 0.411 e. The first-order chi connectivity index (χ1) is 14.9. The molecule has 0 saturated heterocycles. The van der Waals surface area contributed by atoms with Gasteiger partial charge in [-0.1, -0.05) is 6.07 Å². The average molecular weight is 432 g/mol. The number of ether oxygens (including phenoxy) is 3. The summed E-state index contributed by atoms with van der Waals surface area (Å²) in [5.74, 6) is -0.536. The fourth-order valence-electron chi connectivity index (χ4n) is 2.51. The normalized spacial score (nSPS) is 10.3. The van der Waals surface area contributed by atoms with Crippen LogP contribution < -0.4 is 16.0 Å². The molecule has 0 radical (unpaired) electrons. The predicted octanol–water partition coefficient (Wildman–Crippen LogP) is 3.10. The van der Waals surface area contributed by atoms with Crippen molar-refractivity contribution in [2.45, 2.75) is 0 Å². The Morgan fingerprint density at radius 3 is 2.35 bits per heavy atom. The van der Waals surface area contributed by atoms with E-state index >= 15 is 0 Å². The molecule has 0 aliphatic rings. The number of nitrogens with one attached hydrogen (secondary N) is 3. The van der Waals surface area contributed by atoms with Gasteiger partial charge in [0.1, 0.15) is 12.3 Å². The van der Waals surface area contributed by atoms with E-state index in [0.717, 1.165) is 0 Å². The second-order valence-corrected chi connectivity index (χ2v) is 6.20. The average Bonchev–Trinajstić information content (AvgIpc) is 2.74. The quantitative estimate of drug-likeness (QED) is 0.279. The van der Waals surface area contributed by atoms with Gasteiger partial charge in [0.15, 0.2) is 0 Å². The third-order valence-corrected chi connectivity index (χ3v) is 3.97. The number of hydrogen-bond acceptors (Lipinski definition) is 8. The zero-order valence-electron chi connectivity index (χ0n) is 17.2. The molecule has 0 aliphatic heterocycles. The van der Waals surface area contributed by atoms with E-state index in [1.807, 2.05) is 0 Å². The van der Waals surface area contributed by atoms with Crippen LogP contribution in [0, 0.1) is 10.1 Å². The highest BCUT2D eigenvalue weighted by molar-refractivity contribution is 6.05. The molecule has 0 bridgehead atoms. The summed E-state index contributed by atoms with van der Waals surface area (Å²) in [6, 6.07) is 10.5. The molecule has 2 aromatic rings. The molecule has 0 unspecified atom stereocenters. The van der Waals surface area contributed by atoms with E-state index in [4.69, 9.17) is 14.2 Å². The number of amides is 2. The first kappa shape index (κ1) is 23.6. The second-order valence-electron chi connectivity index (χ2n) is 6.20. The summed E-state index contributed by atoms with van der Waals surface area (Å²) in [5.41, 5.74) is 0.976. The number of carbonyl (C=O) groups excluding carboxylic acids is 2. The summed E-state index contributed by atoms with van der Waals surface area (Å²) in [5, 5.41) is 19.5. The molecule has 11 heteroatoms. The Labute approximate surface area is 178 Å². The Kier molecular flexibility index (Phi) is 9.20. The number of rotatable bonds is 11. The van der Waals surface area contributed by atoms with Gasteiger partial charge in [-0.25, -0.2) is 4.79 Å². The van der Waals surface area contributed by atoms with E-state index in [0.29, 0.717) is 24.5 Å². The van der Waals surface area contributed by atoms with Crippen LogP contribution in [0.15, 0.2) is 42.5 Å². The number of anilines is 3. The molecule has 0 fully saturated rings. The maximum Gasteiger partial charge on any atom is 0.411 e. The van der Waals surface area contributed by atoms with Crippen molar-refractivity contribution < 1.29 is 28.7 Å². The van der Waals surface area contributed by atoms with Crippen molar-refractivity contribution in [1.82, 2.24) is 0 Å². The highest BCUT2D eigenvalue weighted by Crippen LogP contribution is 2.26. The predicted molar refractivity (Wildman–Crippen MR) is 115 cm³/mol. The number of hydrogen-bond donors (Lipinski definition) is 3. The lowest BCUT2D eigenvalue weighted by atomic mass is 10.1. The van der Waals surface area contributed by atoms with Crippen LogP contribution in [0.3, 0.4) is 0 Å². The van der Waals surface area contributed by atoms with Gasteiger partial charge in [0, 0.05) is 43.8 Å². The van der Waals surface area contributed by atoms with Crippen molar-refractivity contribution in [3.63, 3.8) is 0 Å². The molecule has 0 aliphatic carbocycles. The first-order valence-corrected chi connectivity index (χ1v) is 9.30. The van der Waals surface area contributed by atoms with E-state index in [-0.39, 0.29) is 30.2 Å². The molecule has 0 saturated carbocycles. The van der Waals surface area contributed by atoms with E-state index in [1.54, 1.807) is 18.2 Å². The van der Waals surface area contributed by atoms with Gasteiger partial charge in [-0.3, -0.25) is 20.2 Å². The molecular weight excluding hydrogens is 408 g/mol. The lowest BCUT2D eigenvalue weighted by molar-refractivity contribution is -0.384. The van der Waals surface area contributed by atoms with Crippen LogP contribution in [0.5, 0.6) is 0 Å². The monoisotopic (exact) mass is 432 g/mol. The van der Waals surface area contributed by atoms with Crippen LogP contribution in [0.1, 0.15) is 10.4 Å². The number of methoxy groups -OCH3 is 2. The molecule has 31 heavy (non-hydrogen) atoms. The van der Waals surface area contributed by atoms with E-state index in [1.165, 1.54) is 38.5 Å². The van der Waals surface area contributed by atoms with Gasteiger partial charge in [-0.2, -0.15) is 0 Å². The lowest BCUT2D eigenvalue weighted by Gasteiger charge is -2.10. The van der Waals surface area contributed by atoms with Crippen molar-refractivity contribution in [3.8, 4) is 0 Å². The number of nitrogens with zero attached hydrogens (tertiary/aromatic N) is 1. The Morgan fingerprint density at radius 2 is 1.68 bits per heavy atom. The molecular formula is C20H24N4O7. The maximum absolute atomic E-state index is 12.6. The fourth-order valence-corrected chi connectivity index (χ4v) is 2.51. The third-order valence-electron chi connectivity index (χ3n) is 3.97. The molecule has 0 atom stereocenters. The van der Waals surface area contributed by atoms with Crippen LogP contribution in [-0.2, 0) is 14.2 Å². The van der Waals surface area contributed by atoms with Crippen molar-refractivity contribution in [1.29, 1.82) is 0 Å². The van der Waals surface area contributed by atoms with Gasteiger partial charge in [0.2, 0.25) is 0 Å². The van der Waals surface area contributed by atoms with Crippen LogP contribution in [0.2, 0.25) is 0 Å². The highest BCUT2D eigenvalue weighted by atomic mass is 16.6. The SMILES string of the molecule is COCCNc1ccc(C(=O)Nc2cccc(NC(=O)OCCOC)c2)cc1[N+](=O)[O-]. The lowest BCUT2D eigenvalue weighted by Crippen LogP contribution is -2.17. The first-order valence-electron chi connectivity index (χ1n) is 9.30. The van der Waals surface area contributed by atoms with Gasteiger partial charge >= 0.3 is 6.09 Å². The summed E-state index contributed by atoms with van der Waals surface area (Å²) in [6.07, 6.45) is -0.660. The number of nitro benzene ring substituents is 1. The summed E-state index contributed by atoms with van der Waals surface area (Å²) >= 11 is 0. The van der Waals surface area contributed by atoms with E-state index in [2.05, 4.69) is 16.0 Å². The Balaban J connectivity index is 2.06. The van der Waals surface area contributed by atoms with Gasteiger partial charge in [-0.15, -0.1) is 0 Å². The van der Waals surface area contributed by atoms with Crippen LogP contribution in [-0.4, -0.2) is 57.5 Å². The van der Waals surface area contributed by atoms with E-state index in [9.17, 15) is 19.7 Å². The largest absolute Gasteiger partial charge is 0.447 e. The minimum absolute atomic E-state index is 0.105. The minimum Gasteiger partial charge on any atom is -0.447 e. The number of nitro groups is 1. The topological polar surface area (TPSA) is 141 Å². The summed E-state index contributed by atoms with van der Waals surface area (Å²) in [6.45, 7) is 1.14. The molecule has 3 N–H and O–H groups in total. The Hall–Kier alpha value is -3.70. The highest BCUT2D eigenvalue weighted by Gasteiger charge is 2.18. The van der Waals surface area contributed by atoms with Gasteiger partial charge in [0.05, 0.1) is 18.1 Å². The van der Waals surface area contributed by atoms with Crippen molar-refractivity contribution in [2.75, 3.05) is 56.5 Å². The molecule has 11 nitrogen and oxygen atoms in total. The Bertz CT molecular complexity index is 920. The van der Waals surface area contributed by atoms with Gasteiger partial charge in [-0.05, 0) is 30.3 Å². The van der Waals surface area contributed by atoms with Crippen LogP contribution in [0.25, 0.3) is 0 Å². The second kappa shape index (κ2) is 12.1. The summed E-state index contributed by atoms with van der Waals surface area (Å²) in [7, 11) is 3.02. The summed E-state index contributed by atoms with van der Waals surface area (Å²) in [4.78, 5) is 35.1. The standard InChI is InChI=1S/C20H24N4O7/c1-29-9-8-21-17-7-6-14(12-18(17)24(27)28)19(25)22-15-4-3-5-16(13-15)23-20(26)31-11-10-30-2/h3-7,12-13,21H,8-11H2,1-2H3,(H,22,25)(H,23,26). The molecule has 2 amide bonds. The molecule has 2 aromatic carbocycles. The number of carbonyl (C=O) groups is 2. The van der Waals surface area contributed by atoms with Crippen LogP contribution >= 0.6 is 0 Å². The van der Waals surface area contributed by atoms with Gasteiger partial charge < -0.3 is 24.8 Å². The van der Waals surface area contributed by atoms with Crippen molar-refractivity contribution >= 4 is 34.7 Å². The molecule has 166 valence electrons. The van der Waals surface area contributed by atoms with Crippen LogP contribution in [0.4, 0.5) is 27.5 Å². The van der Waals surface area contributed by atoms with Gasteiger partial charge in [0.25, 0.3) is 11.6 Å². The molecule has 0 spiro atoms. The number of benzene rings is 2. The molecule has 0 aromatic heterocycles. The fraction of sp³-hybridized carbons (Fsp3) is 0.300. The third kappa shape index (κ3) is 7.57. The summed E-state index contributed by atoms with van der Waals surface area (Å²) < 4.78 is 14.6. The zero-order chi connectivity index (χ0) is 22.6. The Morgan fingerprint density at radius 1 is 0.968 bits per heavy atom.